The van der Waals surface area contributed by atoms with Crippen molar-refractivity contribution in [3.05, 3.63) is 29.8 Å². The lowest BCUT2D eigenvalue weighted by molar-refractivity contribution is -0.137. The number of hydrogen-bond donors (Lipinski definition) is 0. The first kappa shape index (κ1) is 21.5. The topological polar surface area (TPSA) is 87.2 Å². The number of nitrogens with zero attached hydrogens (tertiary/aromatic N) is 3. The van der Waals surface area contributed by atoms with E-state index in [0.29, 0.717) is 24.3 Å². The number of anilines is 1. The molecule has 0 radical (unpaired) electrons. The molecule has 3 amide bonds. The number of esters is 1. The molecule has 0 bridgehead atoms. The van der Waals surface area contributed by atoms with Crippen LogP contribution in [0.4, 0.5) is 5.69 Å². The largest absolute Gasteiger partial charge is 0.462 e. The van der Waals surface area contributed by atoms with Crippen LogP contribution in [0.15, 0.2) is 24.3 Å². The van der Waals surface area contributed by atoms with Crippen LogP contribution in [0, 0.1) is 5.92 Å². The van der Waals surface area contributed by atoms with Gasteiger partial charge in [-0.1, -0.05) is 0 Å². The number of carbonyl (C=O) groups excluding carboxylic acids is 4. The van der Waals surface area contributed by atoms with Crippen molar-refractivity contribution in [2.75, 3.05) is 37.7 Å². The second kappa shape index (κ2) is 9.18. The van der Waals surface area contributed by atoms with Crippen molar-refractivity contribution >= 4 is 29.4 Å². The summed E-state index contributed by atoms with van der Waals surface area (Å²) in [5, 5.41) is 0. The molecule has 8 heteroatoms. The van der Waals surface area contributed by atoms with Crippen molar-refractivity contribution < 1.29 is 23.9 Å². The van der Waals surface area contributed by atoms with Gasteiger partial charge >= 0.3 is 5.97 Å². The van der Waals surface area contributed by atoms with E-state index in [1.807, 2.05) is 9.80 Å². The summed E-state index contributed by atoms with van der Waals surface area (Å²) >= 11 is 0. The average molecular weight is 428 g/mol. The van der Waals surface area contributed by atoms with Gasteiger partial charge in [-0.05, 0) is 63.4 Å². The Labute approximate surface area is 182 Å². The van der Waals surface area contributed by atoms with Gasteiger partial charge in [0, 0.05) is 19.6 Å². The number of rotatable bonds is 5. The SMILES string of the molecule is CCOC(=O)c1ccc(N2C(=O)C[C@H](N3CCC[C@@H](C(=O)N4CCCC4)C3)C2=O)cc1. The number of imide groups is 1. The number of carbonyl (C=O) groups is 4. The maximum Gasteiger partial charge on any atom is 0.338 e. The first-order valence-electron chi connectivity index (χ1n) is 11.2. The minimum Gasteiger partial charge on any atom is -0.462 e. The smallest absolute Gasteiger partial charge is 0.338 e. The lowest BCUT2D eigenvalue weighted by Crippen LogP contribution is -2.50. The third-order valence-electron chi connectivity index (χ3n) is 6.42. The van der Waals surface area contributed by atoms with Crippen LogP contribution in [0.25, 0.3) is 0 Å². The molecular weight excluding hydrogens is 398 g/mol. The van der Waals surface area contributed by atoms with Gasteiger partial charge in [-0.25, -0.2) is 9.69 Å². The van der Waals surface area contributed by atoms with Crippen molar-refractivity contribution in [1.82, 2.24) is 9.80 Å². The molecule has 0 aromatic heterocycles. The molecule has 3 fully saturated rings. The van der Waals surface area contributed by atoms with Crippen LogP contribution >= 0.6 is 0 Å². The highest BCUT2D eigenvalue weighted by atomic mass is 16.5. The van der Waals surface area contributed by atoms with Gasteiger partial charge in [-0.15, -0.1) is 0 Å². The molecule has 2 atom stereocenters. The van der Waals surface area contributed by atoms with Crippen molar-refractivity contribution in [3.8, 4) is 0 Å². The van der Waals surface area contributed by atoms with Crippen molar-refractivity contribution in [3.63, 3.8) is 0 Å². The molecule has 1 aromatic carbocycles. The van der Waals surface area contributed by atoms with Gasteiger partial charge in [0.1, 0.15) is 0 Å². The van der Waals surface area contributed by atoms with E-state index in [-0.39, 0.29) is 36.7 Å². The van der Waals surface area contributed by atoms with Gasteiger partial charge in [0.05, 0.1) is 36.2 Å². The summed E-state index contributed by atoms with van der Waals surface area (Å²) in [6.07, 6.45) is 3.91. The molecule has 3 aliphatic heterocycles. The molecule has 0 spiro atoms. The van der Waals surface area contributed by atoms with E-state index < -0.39 is 12.0 Å². The van der Waals surface area contributed by atoms with Crippen molar-refractivity contribution in [2.24, 2.45) is 5.92 Å². The Kier molecular flexibility index (Phi) is 6.36. The van der Waals surface area contributed by atoms with E-state index in [1.165, 1.54) is 4.90 Å². The summed E-state index contributed by atoms with van der Waals surface area (Å²) in [5.41, 5.74) is 0.827. The highest BCUT2D eigenvalue weighted by Crippen LogP contribution is 2.30. The number of ether oxygens (including phenoxy) is 1. The fourth-order valence-corrected chi connectivity index (χ4v) is 4.82. The zero-order valence-electron chi connectivity index (χ0n) is 17.9. The molecule has 4 rings (SSSR count). The van der Waals surface area contributed by atoms with Crippen LogP contribution in [-0.4, -0.2) is 72.3 Å². The molecule has 8 nitrogen and oxygen atoms in total. The third kappa shape index (κ3) is 4.35. The molecule has 0 aliphatic carbocycles. The van der Waals surface area contributed by atoms with E-state index in [2.05, 4.69) is 0 Å². The summed E-state index contributed by atoms with van der Waals surface area (Å²) in [4.78, 5) is 55.7. The predicted molar refractivity (Wildman–Crippen MR) is 113 cm³/mol. The molecule has 166 valence electrons. The van der Waals surface area contributed by atoms with Gasteiger partial charge in [0.15, 0.2) is 0 Å². The summed E-state index contributed by atoms with van der Waals surface area (Å²) < 4.78 is 4.97. The minimum absolute atomic E-state index is 0.104. The molecule has 31 heavy (non-hydrogen) atoms. The molecule has 0 N–H and O–H groups in total. The highest BCUT2D eigenvalue weighted by molar-refractivity contribution is 6.22. The van der Waals surface area contributed by atoms with Crippen molar-refractivity contribution in [1.29, 1.82) is 0 Å². The van der Waals surface area contributed by atoms with Crippen LogP contribution in [-0.2, 0) is 19.1 Å². The Hall–Kier alpha value is -2.74. The van der Waals surface area contributed by atoms with Gasteiger partial charge < -0.3 is 9.64 Å². The molecule has 0 unspecified atom stereocenters. The van der Waals surface area contributed by atoms with E-state index >= 15 is 0 Å². The minimum atomic E-state index is -0.536. The normalized spacial score (nSPS) is 24.7. The average Bonchev–Trinajstić information content (AvgIpc) is 3.42. The molecule has 1 aromatic rings. The maximum absolute atomic E-state index is 13.1. The first-order valence-corrected chi connectivity index (χ1v) is 11.2. The lowest BCUT2D eigenvalue weighted by Gasteiger charge is -2.36. The molecule has 0 saturated carbocycles. The summed E-state index contributed by atoms with van der Waals surface area (Å²) in [7, 11) is 0. The summed E-state index contributed by atoms with van der Waals surface area (Å²) in [6.45, 7) is 4.90. The van der Waals surface area contributed by atoms with Crippen LogP contribution < -0.4 is 4.90 Å². The first-order chi connectivity index (χ1) is 15.0. The standard InChI is InChI=1S/C23H29N3O5/c1-2-31-23(30)16-7-9-18(10-8-16)26-20(27)14-19(22(26)29)25-13-5-6-17(15-25)21(28)24-11-3-4-12-24/h7-10,17,19H,2-6,11-15H2,1H3/t17-,19+/m1/s1. The van der Waals surface area contributed by atoms with Crippen LogP contribution in [0.2, 0.25) is 0 Å². The summed E-state index contributed by atoms with van der Waals surface area (Å²) in [5.74, 6) is -0.874. The van der Waals surface area contributed by atoms with E-state index in [9.17, 15) is 19.2 Å². The number of likely N-dealkylation sites (tertiary alicyclic amines) is 2. The Bertz CT molecular complexity index is 862. The quantitative estimate of drug-likeness (QED) is 0.526. The Balaban J connectivity index is 1.44. The second-order valence-corrected chi connectivity index (χ2v) is 8.42. The van der Waals surface area contributed by atoms with Crippen LogP contribution in [0.5, 0.6) is 0 Å². The second-order valence-electron chi connectivity index (χ2n) is 8.42. The van der Waals surface area contributed by atoms with Gasteiger partial charge in [0.25, 0.3) is 5.91 Å². The zero-order chi connectivity index (χ0) is 22.0. The lowest BCUT2D eigenvalue weighted by atomic mass is 9.95. The molecular formula is C23H29N3O5. The fourth-order valence-electron chi connectivity index (χ4n) is 4.82. The Morgan fingerprint density at radius 3 is 2.42 bits per heavy atom. The molecule has 3 heterocycles. The monoisotopic (exact) mass is 427 g/mol. The summed E-state index contributed by atoms with van der Waals surface area (Å²) in [6, 6.07) is 5.78. The van der Waals surface area contributed by atoms with Crippen molar-refractivity contribution in [2.45, 2.75) is 45.1 Å². The highest BCUT2D eigenvalue weighted by Gasteiger charge is 2.44. The molecule has 3 aliphatic rings. The fraction of sp³-hybridized carbons (Fsp3) is 0.565. The zero-order valence-corrected chi connectivity index (χ0v) is 17.9. The number of benzene rings is 1. The number of amides is 3. The van der Waals surface area contributed by atoms with Crippen LogP contribution in [0.1, 0.15) is 49.4 Å². The number of piperidine rings is 1. The van der Waals surface area contributed by atoms with Crippen LogP contribution in [0.3, 0.4) is 0 Å². The molecule has 3 saturated heterocycles. The third-order valence-corrected chi connectivity index (χ3v) is 6.42. The van der Waals surface area contributed by atoms with Gasteiger partial charge in [-0.2, -0.15) is 0 Å². The van der Waals surface area contributed by atoms with Gasteiger partial charge in [-0.3, -0.25) is 19.3 Å². The maximum atomic E-state index is 13.1. The Morgan fingerprint density at radius 1 is 1.03 bits per heavy atom. The van der Waals surface area contributed by atoms with E-state index in [0.717, 1.165) is 38.8 Å². The number of hydrogen-bond acceptors (Lipinski definition) is 6. The van der Waals surface area contributed by atoms with E-state index in [1.54, 1.807) is 31.2 Å². The van der Waals surface area contributed by atoms with Gasteiger partial charge in [0.2, 0.25) is 11.8 Å². The Morgan fingerprint density at radius 2 is 1.74 bits per heavy atom. The predicted octanol–water partition coefficient (Wildman–Crippen LogP) is 1.83. The van der Waals surface area contributed by atoms with E-state index in [4.69, 9.17) is 4.74 Å².